The zero-order valence-electron chi connectivity index (χ0n) is 17.6. The molecule has 0 saturated carbocycles. The van der Waals surface area contributed by atoms with E-state index < -0.39 is 0 Å². The molecule has 31 heavy (non-hydrogen) atoms. The van der Waals surface area contributed by atoms with Gasteiger partial charge in [-0.1, -0.05) is 47.5 Å². The highest BCUT2D eigenvalue weighted by Crippen LogP contribution is 2.26. The van der Waals surface area contributed by atoms with Gasteiger partial charge >= 0.3 is 0 Å². The summed E-state index contributed by atoms with van der Waals surface area (Å²) in [7, 11) is 1.65. The number of rotatable bonds is 7. The van der Waals surface area contributed by atoms with Gasteiger partial charge in [-0.05, 0) is 47.5 Å². The van der Waals surface area contributed by atoms with Crippen molar-refractivity contribution in [2.24, 2.45) is 0 Å². The molecule has 0 spiro atoms. The van der Waals surface area contributed by atoms with Crippen LogP contribution in [-0.4, -0.2) is 43.1 Å². The Morgan fingerprint density at radius 2 is 1.29 bits per heavy atom. The van der Waals surface area contributed by atoms with Crippen LogP contribution < -0.4 is 9.47 Å². The summed E-state index contributed by atoms with van der Waals surface area (Å²) in [6, 6.07) is 21.8. The number of benzene rings is 3. The third-order valence-electron chi connectivity index (χ3n) is 5.46. The van der Waals surface area contributed by atoms with E-state index in [0.717, 1.165) is 56.5 Å². The maximum atomic E-state index is 6.14. The van der Waals surface area contributed by atoms with Crippen molar-refractivity contribution in [1.82, 2.24) is 9.80 Å². The third-order valence-corrected chi connectivity index (χ3v) is 6.20. The number of piperazine rings is 1. The Labute approximate surface area is 193 Å². The fourth-order valence-corrected chi connectivity index (χ4v) is 4.04. The minimum atomic E-state index is 0.607. The van der Waals surface area contributed by atoms with Crippen LogP contribution in [0.25, 0.3) is 0 Å². The summed E-state index contributed by atoms with van der Waals surface area (Å²) < 4.78 is 11.2. The van der Waals surface area contributed by atoms with E-state index >= 15 is 0 Å². The van der Waals surface area contributed by atoms with E-state index in [4.69, 9.17) is 32.7 Å². The van der Waals surface area contributed by atoms with Crippen LogP contribution in [0.4, 0.5) is 0 Å². The lowest BCUT2D eigenvalue weighted by Gasteiger charge is -2.34. The van der Waals surface area contributed by atoms with Crippen molar-refractivity contribution >= 4 is 23.2 Å². The van der Waals surface area contributed by atoms with Gasteiger partial charge in [0, 0.05) is 45.3 Å². The number of hydrogen-bond donors (Lipinski definition) is 0. The van der Waals surface area contributed by atoms with Crippen molar-refractivity contribution < 1.29 is 9.47 Å². The van der Waals surface area contributed by atoms with Crippen LogP contribution in [0, 0.1) is 0 Å². The zero-order chi connectivity index (χ0) is 21.6. The summed E-state index contributed by atoms with van der Waals surface area (Å²) in [6.07, 6.45) is 0. The molecule has 0 radical (unpaired) electrons. The molecule has 6 heteroatoms. The second-order valence-corrected chi connectivity index (χ2v) is 8.54. The molecule has 0 aliphatic carbocycles. The first-order valence-electron chi connectivity index (χ1n) is 10.4. The number of halogens is 2. The molecule has 0 atom stereocenters. The molecule has 0 N–H and O–H groups in total. The summed E-state index contributed by atoms with van der Waals surface area (Å²) in [6.45, 7) is 6.02. The average molecular weight is 457 g/mol. The molecule has 1 fully saturated rings. The van der Waals surface area contributed by atoms with Crippen LogP contribution in [0.3, 0.4) is 0 Å². The lowest BCUT2D eigenvalue weighted by atomic mass is 10.1. The Kier molecular flexibility index (Phi) is 7.36. The molecule has 162 valence electrons. The minimum Gasteiger partial charge on any atom is -0.497 e. The quantitative estimate of drug-likeness (QED) is 0.427. The van der Waals surface area contributed by atoms with Gasteiger partial charge in [0.25, 0.3) is 0 Å². The summed E-state index contributed by atoms with van der Waals surface area (Å²) >= 11 is 12.2. The Morgan fingerprint density at radius 1 is 0.677 bits per heavy atom. The van der Waals surface area contributed by atoms with Crippen LogP contribution in [0.1, 0.15) is 11.1 Å². The van der Waals surface area contributed by atoms with E-state index in [1.165, 1.54) is 11.1 Å². The molecule has 0 unspecified atom stereocenters. The van der Waals surface area contributed by atoms with Gasteiger partial charge in [-0.25, -0.2) is 0 Å². The summed E-state index contributed by atoms with van der Waals surface area (Å²) in [5.74, 6) is 2.38. The van der Waals surface area contributed by atoms with Crippen molar-refractivity contribution in [3.05, 3.63) is 87.9 Å². The maximum Gasteiger partial charge on any atom is 0.131 e. The second kappa shape index (κ2) is 10.4. The smallest absolute Gasteiger partial charge is 0.131 e. The van der Waals surface area contributed by atoms with Gasteiger partial charge in [-0.3, -0.25) is 9.80 Å². The first-order chi connectivity index (χ1) is 15.1. The maximum absolute atomic E-state index is 6.14. The molecular weight excluding hydrogens is 431 g/mol. The molecule has 0 amide bonds. The van der Waals surface area contributed by atoms with E-state index in [9.17, 15) is 0 Å². The number of nitrogens with zero attached hydrogens (tertiary/aromatic N) is 2. The molecule has 1 aliphatic rings. The Hall–Kier alpha value is -2.24. The van der Waals surface area contributed by atoms with E-state index in [1.807, 2.05) is 48.5 Å². The standard InChI is InChI=1S/C25H26Cl2N2O2/c1-30-22-3-2-4-23(16-22)31-21-8-5-19(6-9-21)17-28-11-13-29(14-12-28)18-20-7-10-24(26)25(27)15-20/h2-10,15-16H,11-14,17-18H2,1H3. The largest absolute Gasteiger partial charge is 0.497 e. The van der Waals surface area contributed by atoms with E-state index in [2.05, 4.69) is 28.0 Å². The average Bonchev–Trinajstić information content (AvgIpc) is 2.79. The molecule has 0 aromatic heterocycles. The van der Waals surface area contributed by atoms with Crippen LogP contribution in [-0.2, 0) is 13.1 Å². The summed E-state index contributed by atoms with van der Waals surface area (Å²) in [5, 5.41) is 1.23. The highest BCUT2D eigenvalue weighted by atomic mass is 35.5. The molecule has 3 aromatic carbocycles. The van der Waals surface area contributed by atoms with Gasteiger partial charge in [0.15, 0.2) is 0 Å². The fraction of sp³-hybridized carbons (Fsp3) is 0.280. The Bertz CT molecular complexity index is 1000. The summed E-state index contributed by atoms with van der Waals surface area (Å²) in [4.78, 5) is 4.95. The molecule has 3 aromatic rings. The van der Waals surface area contributed by atoms with Crippen molar-refractivity contribution in [1.29, 1.82) is 0 Å². The molecule has 4 nitrogen and oxygen atoms in total. The van der Waals surface area contributed by atoms with E-state index in [0.29, 0.717) is 10.0 Å². The third kappa shape index (κ3) is 6.14. The molecular formula is C25H26Cl2N2O2. The molecule has 0 bridgehead atoms. The highest BCUT2D eigenvalue weighted by Gasteiger charge is 2.17. The molecule has 1 aliphatic heterocycles. The van der Waals surface area contributed by atoms with Gasteiger partial charge in [-0.2, -0.15) is 0 Å². The topological polar surface area (TPSA) is 24.9 Å². The Balaban J connectivity index is 1.26. The number of hydrogen-bond acceptors (Lipinski definition) is 4. The van der Waals surface area contributed by atoms with Crippen LogP contribution in [0.15, 0.2) is 66.7 Å². The normalized spacial score (nSPS) is 15.1. The molecule has 4 rings (SSSR count). The Morgan fingerprint density at radius 3 is 1.94 bits per heavy atom. The SMILES string of the molecule is COc1cccc(Oc2ccc(CN3CCN(Cc4ccc(Cl)c(Cl)c4)CC3)cc2)c1. The number of methoxy groups -OCH3 is 1. The van der Waals surface area contributed by atoms with Crippen molar-refractivity contribution in [3.63, 3.8) is 0 Å². The fourth-order valence-electron chi connectivity index (χ4n) is 3.72. The highest BCUT2D eigenvalue weighted by molar-refractivity contribution is 6.42. The minimum absolute atomic E-state index is 0.607. The van der Waals surface area contributed by atoms with Crippen LogP contribution in [0.5, 0.6) is 17.2 Å². The van der Waals surface area contributed by atoms with E-state index in [-0.39, 0.29) is 0 Å². The van der Waals surface area contributed by atoms with E-state index in [1.54, 1.807) is 7.11 Å². The lowest BCUT2D eigenvalue weighted by Crippen LogP contribution is -2.45. The van der Waals surface area contributed by atoms with Gasteiger partial charge in [0.05, 0.1) is 17.2 Å². The lowest BCUT2D eigenvalue weighted by molar-refractivity contribution is 0.122. The monoisotopic (exact) mass is 456 g/mol. The molecule has 1 heterocycles. The number of ether oxygens (including phenoxy) is 2. The summed E-state index contributed by atoms with van der Waals surface area (Å²) in [5.41, 5.74) is 2.49. The van der Waals surface area contributed by atoms with Crippen molar-refractivity contribution in [3.8, 4) is 17.2 Å². The first-order valence-corrected chi connectivity index (χ1v) is 11.1. The van der Waals surface area contributed by atoms with Gasteiger partial charge < -0.3 is 9.47 Å². The predicted octanol–water partition coefficient (Wildman–Crippen LogP) is 6.11. The second-order valence-electron chi connectivity index (χ2n) is 7.73. The van der Waals surface area contributed by atoms with Gasteiger partial charge in [-0.15, -0.1) is 0 Å². The molecule has 1 saturated heterocycles. The zero-order valence-corrected chi connectivity index (χ0v) is 19.1. The van der Waals surface area contributed by atoms with Crippen molar-refractivity contribution in [2.75, 3.05) is 33.3 Å². The predicted molar refractivity (Wildman–Crippen MR) is 127 cm³/mol. The van der Waals surface area contributed by atoms with Gasteiger partial charge in [0.1, 0.15) is 17.2 Å². The van der Waals surface area contributed by atoms with Crippen LogP contribution >= 0.6 is 23.2 Å². The van der Waals surface area contributed by atoms with Gasteiger partial charge in [0.2, 0.25) is 0 Å². The first kappa shape index (κ1) is 22.0. The van der Waals surface area contributed by atoms with Crippen LogP contribution in [0.2, 0.25) is 10.0 Å². The van der Waals surface area contributed by atoms with Crippen molar-refractivity contribution in [2.45, 2.75) is 13.1 Å².